The molecule has 1 heterocycles. The van der Waals surface area contributed by atoms with Crippen LogP contribution in [0.5, 0.6) is 0 Å². The van der Waals surface area contributed by atoms with Gasteiger partial charge in [-0.05, 0) is 31.2 Å². The van der Waals surface area contributed by atoms with Gasteiger partial charge in [0.05, 0.1) is 17.6 Å². The largest absolute Gasteiger partial charge is 0.374 e. The van der Waals surface area contributed by atoms with Crippen LogP contribution >= 0.6 is 11.6 Å². The lowest BCUT2D eigenvalue weighted by Crippen LogP contribution is -2.51. The highest BCUT2D eigenvalue weighted by atomic mass is 35.5. The van der Waals surface area contributed by atoms with Crippen LogP contribution in [0.15, 0.2) is 29.2 Å². The normalized spacial score (nSPS) is 23.2. The Morgan fingerprint density at radius 3 is 2.63 bits per heavy atom. The summed E-state index contributed by atoms with van der Waals surface area (Å²) in [5.74, 6) is 0. The Balaban J connectivity index is 2.22. The van der Waals surface area contributed by atoms with Crippen LogP contribution in [0.4, 0.5) is 0 Å². The van der Waals surface area contributed by atoms with Crippen LogP contribution in [-0.4, -0.2) is 44.6 Å². The first-order valence-electron chi connectivity index (χ1n) is 6.04. The van der Waals surface area contributed by atoms with Gasteiger partial charge in [-0.3, -0.25) is 0 Å². The minimum Gasteiger partial charge on any atom is -0.374 e. The zero-order chi connectivity index (χ0) is 14.0. The van der Waals surface area contributed by atoms with Crippen molar-refractivity contribution in [2.75, 3.05) is 19.7 Å². The zero-order valence-corrected chi connectivity index (χ0v) is 12.2. The number of benzene rings is 1. The molecular formula is C12H17ClN2O3S. The zero-order valence-electron chi connectivity index (χ0n) is 10.6. The Morgan fingerprint density at radius 1 is 1.42 bits per heavy atom. The fourth-order valence-corrected chi connectivity index (χ4v) is 3.50. The van der Waals surface area contributed by atoms with E-state index in [1.54, 1.807) is 12.1 Å². The predicted octanol–water partition coefficient (Wildman–Crippen LogP) is 1.08. The number of ether oxygens (including phenoxy) is 1. The molecule has 5 nitrogen and oxygen atoms in total. The van der Waals surface area contributed by atoms with Gasteiger partial charge in [0.25, 0.3) is 0 Å². The van der Waals surface area contributed by atoms with E-state index in [2.05, 4.69) is 0 Å². The second kappa shape index (κ2) is 5.76. The molecule has 0 amide bonds. The molecule has 0 saturated carbocycles. The summed E-state index contributed by atoms with van der Waals surface area (Å²) >= 11 is 5.77. The van der Waals surface area contributed by atoms with E-state index in [0.29, 0.717) is 18.2 Å². The Kier molecular flexibility index (Phi) is 4.47. The highest BCUT2D eigenvalue weighted by Crippen LogP contribution is 2.21. The number of hydrogen-bond donors (Lipinski definition) is 1. The van der Waals surface area contributed by atoms with Gasteiger partial charge >= 0.3 is 0 Å². The summed E-state index contributed by atoms with van der Waals surface area (Å²) in [5.41, 5.74) is 5.77. The number of hydrogen-bond acceptors (Lipinski definition) is 4. The highest BCUT2D eigenvalue weighted by Gasteiger charge is 2.32. The molecule has 1 saturated heterocycles. The fourth-order valence-electron chi connectivity index (χ4n) is 1.94. The van der Waals surface area contributed by atoms with Crippen molar-refractivity contribution in [1.82, 2.24) is 4.31 Å². The Labute approximate surface area is 118 Å². The third-order valence-electron chi connectivity index (χ3n) is 3.09. The first kappa shape index (κ1) is 14.7. The maximum Gasteiger partial charge on any atom is 0.243 e. The van der Waals surface area contributed by atoms with E-state index < -0.39 is 10.0 Å². The van der Waals surface area contributed by atoms with E-state index >= 15 is 0 Å². The lowest BCUT2D eigenvalue weighted by molar-refractivity contribution is -0.0120. The molecule has 0 aromatic heterocycles. The van der Waals surface area contributed by atoms with Crippen LogP contribution in [0.3, 0.4) is 0 Å². The molecule has 0 radical (unpaired) electrons. The summed E-state index contributed by atoms with van der Waals surface area (Å²) < 4.78 is 31.8. The summed E-state index contributed by atoms with van der Waals surface area (Å²) in [6, 6.07) is 5.95. The van der Waals surface area contributed by atoms with Crippen LogP contribution in [0.1, 0.15) is 6.92 Å². The van der Waals surface area contributed by atoms with Crippen LogP contribution in [-0.2, 0) is 14.8 Å². The molecular weight excluding hydrogens is 288 g/mol. The third kappa shape index (κ3) is 3.27. The van der Waals surface area contributed by atoms with Crippen LogP contribution in [0.25, 0.3) is 0 Å². The SMILES string of the molecule is CC(N)C1CN(S(=O)(=O)c2ccc(Cl)cc2)CCO1. The average molecular weight is 305 g/mol. The van der Waals surface area contributed by atoms with E-state index in [0.717, 1.165) is 0 Å². The highest BCUT2D eigenvalue weighted by molar-refractivity contribution is 7.89. The van der Waals surface area contributed by atoms with Crippen LogP contribution < -0.4 is 5.73 Å². The standard InChI is InChI=1S/C12H17ClN2O3S/c1-9(14)12-8-15(6-7-18-12)19(16,17)11-4-2-10(13)3-5-11/h2-5,9,12H,6-8,14H2,1H3. The number of halogens is 1. The molecule has 7 heteroatoms. The number of nitrogens with two attached hydrogens (primary N) is 1. The second-order valence-electron chi connectivity index (χ2n) is 4.59. The summed E-state index contributed by atoms with van der Waals surface area (Å²) in [6.07, 6.45) is -0.268. The van der Waals surface area contributed by atoms with Gasteiger partial charge in [-0.15, -0.1) is 0 Å². The van der Waals surface area contributed by atoms with Crippen molar-refractivity contribution >= 4 is 21.6 Å². The molecule has 19 heavy (non-hydrogen) atoms. The van der Waals surface area contributed by atoms with Crippen molar-refractivity contribution in [2.45, 2.75) is 24.0 Å². The summed E-state index contributed by atoms with van der Waals surface area (Å²) in [4.78, 5) is 0.238. The molecule has 0 aliphatic carbocycles. The van der Waals surface area contributed by atoms with E-state index in [1.165, 1.54) is 16.4 Å². The fraction of sp³-hybridized carbons (Fsp3) is 0.500. The van der Waals surface area contributed by atoms with Crippen molar-refractivity contribution in [2.24, 2.45) is 5.73 Å². The Hall–Kier alpha value is -0.660. The molecule has 2 atom stereocenters. The van der Waals surface area contributed by atoms with Crippen LogP contribution in [0, 0.1) is 0 Å². The molecule has 0 spiro atoms. The maximum absolute atomic E-state index is 12.5. The molecule has 106 valence electrons. The summed E-state index contributed by atoms with van der Waals surface area (Å²) in [6.45, 7) is 2.79. The molecule has 0 bridgehead atoms. The quantitative estimate of drug-likeness (QED) is 0.907. The van der Waals surface area contributed by atoms with Gasteiger partial charge in [-0.1, -0.05) is 11.6 Å². The molecule has 1 aromatic rings. The monoisotopic (exact) mass is 304 g/mol. The summed E-state index contributed by atoms with van der Waals surface area (Å²) in [7, 11) is -3.51. The van der Waals surface area contributed by atoms with Crippen molar-refractivity contribution in [1.29, 1.82) is 0 Å². The second-order valence-corrected chi connectivity index (χ2v) is 6.96. The topological polar surface area (TPSA) is 72.6 Å². The van der Waals surface area contributed by atoms with Crippen LogP contribution in [0.2, 0.25) is 5.02 Å². The van der Waals surface area contributed by atoms with E-state index in [9.17, 15) is 8.42 Å². The van der Waals surface area contributed by atoms with Crippen molar-refractivity contribution in [3.63, 3.8) is 0 Å². The van der Waals surface area contributed by atoms with Gasteiger partial charge in [0, 0.05) is 24.2 Å². The predicted molar refractivity (Wildman–Crippen MR) is 73.6 cm³/mol. The molecule has 1 aliphatic heterocycles. The lowest BCUT2D eigenvalue weighted by atomic mass is 10.2. The Morgan fingerprint density at radius 2 is 2.05 bits per heavy atom. The van der Waals surface area contributed by atoms with Crippen molar-refractivity contribution in [3.8, 4) is 0 Å². The number of nitrogens with zero attached hydrogens (tertiary/aromatic N) is 1. The molecule has 1 aliphatic rings. The number of sulfonamides is 1. The van der Waals surface area contributed by atoms with E-state index in [1.807, 2.05) is 6.92 Å². The smallest absolute Gasteiger partial charge is 0.243 e. The molecule has 2 rings (SSSR count). The van der Waals surface area contributed by atoms with Gasteiger partial charge in [0.15, 0.2) is 0 Å². The number of morpholine rings is 1. The first-order chi connectivity index (χ1) is 8.91. The maximum atomic E-state index is 12.5. The number of rotatable bonds is 3. The average Bonchev–Trinajstić information content (AvgIpc) is 2.39. The molecule has 1 aromatic carbocycles. The summed E-state index contributed by atoms with van der Waals surface area (Å²) in [5, 5.41) is 0.509. The minimum absolute atomic E-state index is 0.205. The lowest BCUT2D eigenvalue weighted by Gasteiger charge is -2.33. The minimum atomic E-state index is -3.51. The van der Waals surface area contributed by atoms with Gasteiger partial charge in [-0.25, -0.2) is 8.42 Å². The van der Waals surface area contributed by atoms with Gasteiger partial charge in [0.1, 0.15) is 0 Å². The molecule has 2 N–H and O–H groups in total. The Bertz CT molecular complexity index is 530. The first-order valence-corrected chi connectivity index (χ1v) is 7.86. The van der Waals surface area contributed by atoms with Gasteiger partial charge in [0.2, 0.25) is 10.0 Å². The van der Waals surface area contributed by atoms with Gasteiger partial charge in [-0.2, -0.15) is 4.31 Å². The van der Waals surface area contributed by atoms with E-state index in [4.69, 9.17) is 22.1 Å². The third-order valence-corrected chi connectivity index (χ3v) is 5.23. The molecule has 2 unspecified atom stereocenters. The van der Waals surface area contributed by atoms with Gasteiger partial charge < -0.3 is 10.5 Å². The molecule has 1 fully saturated rings. The van der Waals surface area contributed by atoms with Crippen molar-refractivity contribution < 1.29 is 13.2 Å². The van der Waals surface area contributed by atoms with Crippen molar-refractivity contribution in [3.05, 3.63) is 29.3 Å². The van der Waals surface area contributed by atoms with E-state index in [-0.39, 0.29) is 23.6 Å².